The molecule has 1 aromatic rings. The normalized spacial score (nSPS) is 11.6. The Labute approximate surface area is 102 Å². The lowest BCUT2D eigenvalue weighted by Gasteiger charge is -2.09. The lowest BCUT2D eigenvalue weighted by atomic mass is 10.2. The lowest BCUT2D eigenvalue weighted by molar-refractivity contribution is 0.387. The lowest BCUT2D eigenvalue weighted by Crippen LogP contribution is -2.37. The minimum atomic E-state index is 0.519. The highest BCUT2D eigenvalue weighted by Gasteiger charge is 2.03. The second kappa shape index (κ2) is 7.65. The van der Waals surface area contributed by atoms with Gasteiger partial charge in [0.25, 0.3) is 0 Å². The minimum absolute atomic E-state index is 0.519. The molecular weight excluding hydrogens is 218 g/mol. The van der Waals surface area contributed by atoms with Crippen molar-refractivity contribution in [3.63, 3.8) is 0 Å². The van der Waals surface area contributed by atoms with Gasteiger partial charge in [-0.25, -0.2) is 0 Å². The number of nitrogens with one attached hydrogen (secondary N) is 2. The Hall–Kier alpha value is -1.59. The van der Waals surface area contributed by atoms with Gasteiger partial charge in [-0.1, -0.05) is 24.9 Å². The van der Waals surface area contributed by atoms with Crippen LogP contribution < -0.4 is 10.6 Å². The van der Waals surface area contributed by atoms with Gasteiger partial charge in [0.2, 0.25) is 5.89 Å². The van der Waals surface area contributed by atoms with Gasteiger partial charge in [-0.05, 0) is 6.42 Å². The second-order valence-corrected chi connectivity index (χ2v) is 3.79. The molecule has 0 fully saturated rings. The highest BCUT2D eigenvalue weighted by atomic mass is 16.5. The summed E-state index contributed by atoms with van der Waals surface area (Å²) in [5, 5.41) is 10.2. The zero-order chi connectivity index (χ0) is 12.5. The van der Waals surface area contributed by atoms with E-state index in [0.29, 0.717) is 18.3 Å². The average molecular weight is 239 g/mol. The summed E-state index contributed by atoms with van der Waals surface area (Å²) in [6.45, 7) is 5.41. The molecular formula is C11H21N5O. The molecule has 0 aromatic carbocycles. The molecule has 96 valence electrons. The number of hydrogen-bond acceptors (Lipinski definition) is 4. The highest BCUT2D eigenvalue weighted by Crippen LogP contribution is 1.94. The van der Waals surface area contributed by atoms with Crippen molar-refractivity contribution in [1.82, 2.24) is 20.8 Å². The van der Waals surface area contributed by atoms with Crippen LogP contribution in [0.25, 0.3) is 0 Å². The molecule has 6 heteroatoms. The molecule has 2 N–H and O–H groups in total. The van der Waals surface area contributed by atoms with Crippen LogP contribution in [0.1, 0.15) is 37.9 Å². The van der Waals surface area contributed by atoms with Gasteiger partial charge in [-0.3, -0.25) is 4.99 Å². The van der Waals surface area contributed by atoms with Crippen molar-refractivity contribution in [1.29, 1.82) is 0 Å². The van der Waals surface area contributed by atoms with E-state index in [2.05, 4.69) is 32.7 Å². The number of unbranched alkanes of at least 4 members (excludes halogenated alkanes) is 2. The van der Waals surface area contributed by atoms with Crippen molar-refractivity contribution in [2.24, 2.45) is 4.99 Å². The van der Waals surface area contributed by atoms with Crippen molar-refractivity contribution in [2.75, 3.05) is 13.6 Å². The van der Waals surface area contributed by atoms with Crippen LogP contribution in [0.5, 0.6) is 0 Å². The third-order valence-electron chi connectivity index (χ3n) is 2.28. The topological polar surface area (TPSA) is 75.3 Å². The Morgan fingerprint density at radius 1 is 1.35 bits per heavy atom. The van der Waals surface area contributed by atoms with Gasteiger partial charge in [0.15, 0.2) is 11.8 Å². The molecule has 0 bridgehead atoms. The summed E-state index contributed by atoms with van der Waals surface area (Å²) in [5.41, 5.74) is 0. The van der Waals surface area contributed by atoms with Gasteiger partial charge in [0.05, 0.1) is 6.54 Å². The summed E-state index contributed by atoms with van der Waals surface area (Å²) in [7, 11) is 1.75. The number of aliphatic imine (C=N–C) groups is 1. The van der Waals surface area contributed by atoms with E-state index < -0.39 is 0 Å². The zero-order valence-corrected chi connectivity index (χ0v) is 10.8. The molecule has 0 aliphatic carbocycles. The summed E-state index contributed by atoms with van der Waals surface area (Å²) < 4.78 is 4.88. The zero-order valence-electron chi connectivity index (χ0n) is 10.8. The summed E-state index contributed by atoms with van der Waals surface area (Å²) in [4.78, 5) is 8.22. The standard InChI is InChI=1S/C11H21N5O/c1-4-5-6-7-13-11(12-3)14-8-10-15-9(2)17-16-10/h4-8H2,1-3H3,(H2,12,13,14). The molecule has 1 heterocycles. The van der Waals surface area contributed by atoms with Gasteiger partial charge >= 0.3 is 0 Å². The monoisotopic (exact) mass is 239 g/mol. The van der Waals surface area contributed by atoms with Crippen molar-refractivity contribution < 1.29 is 4.52 Å². The third kappa shape index (κ3) is 5.33. The van der Waals surface area contributed by atoms with Crippen LogP contribution in [0.4, 0.5) is 0 Å². The van der Waals surface area contributed by atoms with E-state index in [1.807, 2.05) is 0 Å². The maximum Gasteiger partial charge on any atom is 0.223 e. The van der Waals surface area contributed by atoms with E-state index in [-0.39, 0.29) is 0 Å². The van der Waals surface area contributed by atoms with Crippen LogP contribution in [-0.4, -0.2) is 29.7 Å². The van der Waals surface area contributed by atoms with Gasteiger partial charge in [0, 0.05) is 20.5 Å². The maximum absolute atomic E-state index is 4.88. The van der Waals surface area contributed by atoms with Gasteiger partial charge < -0.3 is 15.2 Å². The van der Waals surface area contributed by atoms with Crippen LogP contribution in [0.3, 0.4) is 0 Å². The summed E-state index contributed by atoms with van der Waals surface area (Å²) >= 11 is 0. The summed E-state index contributed by atoms with van der Waals surface area (Å²) in [6.07, 6.45) is 3.60. The Balaban J connectivity index is 2.23. The molecule has 17 heavy (non-hydrogen) atoms. The van der Waals surface area contributed by atoms with E-state index in [0.717, 1.165) is 18.9 Å². The van der Waals surface area contributed by atoms with Crippen molar-refractivity contribution in [3.05, 3.63) is 11.7 Å². The molecule has 0 aliphatic rings. The first-order valence-electron chi connectivity index (χ1n) is 6.00. The summed E-state index contributed by atoms with van der Waals surface area (Å²) in [6, 6.07) is 0. The molecule has 0 radical (unpaired) electrons. The summed E-state index contributed by atoms with van der Waals surface area (Å²) in [5.74, 6) is 1.98. The predicted molar refractivity (Wildman–Crippen MR) is 66.8 cm³/mol. The molecule has 0 unspecified atom stereocenters. The van der Waals surface area contributed by atoms with E-state index >= 15 is 0 Å². The number of aryl methyl sites for hydroxylation is 1. The van der Waals surface area contributed by atoms with Crippen molar-refractivity contribution in [3.8, 4) is 0 Å². The Morgan fingerprint density at radius 2 is 2.18 bits per heavy atom. The van der Waals surface area contributed by atoms with Crippen LogP contribution in [-0.2, 0) is 6.54 Å². The quantitative estimate of drug-likeness (QED) is 0.443. The molecule has 1 aromatic heterocycles. The number of rotatable bonds is 6. The maximum atomic E-state index is 4.88. The number of aromatic nitrogens is 2. The van der Waals surface area contributed by atoms with E-state index in [1.165, 1.54) is 12.8 Å². The molecule has 1 rings (SSSR count). The van der Waals surface area contributed by atoms with Crippen molar-refractivity contribution in [2.45, 2.75) is 39.7 Å². The number of hydrogen-bond donors (Lipinski definition) is 2. The van der Waals surface area contributed by atoms with Crippen LogP contribution >= 0.6 is 0 Å². The van der Waals surface area contributed by atoms with Gasteiger partial charge in [-0.2, -0.15) is 4.98 Å². The molecule has 0 atom stereocenters. The second-order valence-electron chi connectivity index (χ2n) is 3.79. The molecule has 0 aliphatic heterocycles. The average Bonchev–Trinajstić information content (AvgIpc) is 2.74. The number of nitrogens with zero attached hydrogens (tertiary/aromatic N) is 3. The first kappa shape index (κ1) is 13.5. The van der Waals surface area contributed by atoms with E-state index in [1.54, 1.807) is 14.0 Å². The molecule has 0 amide bonds. The fourth-order valence-electron chi connectivity index (χ4n) is 1.38. The SMILES string of the molecule is CCCCCNC(=NC)NCc1noc(C)n1. The molecule has 0 spiro atoms. The first-order valence-corrected chi connectivity index (χ1v) is 6.00. The largest absolute Gasteiger partial charge is 0.356 e. The third-order valence-corrected chi connectivity index (χ3v) is 2.28. The van der Waals surface area contributed by atoms with Gasteiger partial charge in [0.1, 0.15) is 0 Å². The van der Waals surface area contributed by atoms with Crippen LogP contribution in [0.2, 0.25) is 0 Å². The van der Waals surface area contributed by atoms with Crippen molar-refractivity contribution >= 4 is 5.96 Å². The fourth-order valence-corrected chi connectivity index (χ4v) is 1.38. The Bertz CT molecular complexity index is 347. The minimum Gasteiger partial charge on any atom is -0.356 e. The van der Waals surface area contributed by atoms with Crippen LogP contribution in [0.15, 0.2) is 9.52 Å². The molecule has 6 nitrogen and oxygen atoms in total. The molecule has 0 saturated carbocycles. The predicted octanol–water partition coefficient (Wildman–Crippen LogP) is 1.23. The molecule has 0 saturated heterocycles. The Morgan fingerprint density at radius 3 is 2.76 bits per heavy atom. The van der Waals surface area contributed by atoms with E-state index in [4.69, 9.17) is 4.52 Å². The number of guanidine groups is 1. The smallest absolute Gasteiger partial charge is 0.223 e. The highest BCUT2D eigenvalue weighted by molar-refractivity contribution is 5.79. The van der Waals surface area contributed by atoms with E-state index in [9.17, 15) is 0 Å². The first-order chi connectivity index (χ1) is 8.26. The van der Waals surface area contributed by atoms with Crippen LogP contribution in [0, 0.1) is 6.92 Å². The Kier molecular flexibility index (Phi) is 6.06. The van der Waals surface area contributed by atoms with Gasteiger partial charge in [-0.15, -0.1) is 0 Å². The fraction of sp³-hybridized carbons (Fsp3) is 0.727.